The van der Waals surface area contributed by atoms with Crippen LogP contribution >= 0.6 is 0 Å². The molecule has 4 nitrogen and oxygen atoms in total. The van der Waals surface area contributed by atoms with Crippen LogP contribution in [0.15, 0.2) is 0 Å². The fraction of sp³-hybridized carbons (Fsp3) is 1.00. The number of rotatable bonds is 10. The first-order valence-electron chi connectivity index (χ1n) is 6.69. The Balaban J connectivity index is -0.000000366. The molecule has 0 saturated heterocycles. The van der Waals surface area contributed by atoms with Gasteiger partial charge in [-0.05, 0) is 0 Å². The van der Waals surface area contributed by atoms with Crippen LogP contribution in [0.4, 0.5) is 0 Å². The van der Waals surface area contributed by atoms with Gasteiger partial charge in [-0.2, -0.15) is 14.2 Å². The summed E-state index contributed by atoms with van der Waals surface area (Å²) in [4.78, 5) is 0. The molecule has 0 aliphatic rings. The normalized spacial score (nSPS) is 10.3. The Bertz CT molecular complexity index is 228. The van der Waals surface area contributed by atoms with Gasteiger partial charge in [0.15, 0.2) is 0 Å². The van der Waals surface area contributed by atoms with Crippen molar-refractivity contribution in [1.82, 2.24) is 0 Å². The van der Waals surface area contributed by atoms with Crippen LogP contribution in [-0.2, 0) is 23.0 Å². The summed E-state index contributed by atoms with van der Waals surface area (Å²) in [5, 5.41) is 0. The quantitative estimate of drug-likeness (QED) is 0.269. The summed E-state index contributed by atoms with van der Waals surface area (Å²) in [6.07, 6.45) is 14.0. The maximum absolute atomic E-state index is 8.74. The third-order valence-electron chi connectivity index (χ3n) is 2.50. The molecule has 0 fully saturated rings. The Hall–Kier alpha value is 1.22. The van der Waals surface area contributed by atoms with Gasteiger partial charge in [0, 0.05) is 0 Å². The van der Waals surface area contributed by atoms with E-state index in [1.165, 1.54) is 64.2 Å². The van der Waals surface area contributed by atoms with Crippen molar-refractivity contribution < 1.29 is 47.1 Å². The predicted molar refractivity (Wildman–Crippen MR) is 78.3 cm³/mol. The van der Waals surface area contributed by atoms with Crippen molar-refractivity contribution in [2.24, 2.45) is 0 Å². The molecule has 0 aromatic carbocycles. The van der Waals surface area contributed by atoms with Crippen LogP contribution in [0, 0.1) is 0 Å². The minimum absolute atomic E-state index is 0. The molecule has 0 amide bonds. The van der Waals surface area contributed by atoms with E-state index in [1.54, 1.807) is 0 Å². The molecule has 19 heavy (non-hydrogen) atoms. The molecular weight excluding hydrogens is 295 g/mol. The van der Waals surface area contributed by atoms with E-state index >= 15 is 0 Å². The summed E-state index contributed by atoms with van der Waals surface area (Å²) < 4.78 is 31.6. The molecule has 0 radical (unpaired) electrons. The van der Waals surface area contributed by atoms with Crippen LogP contribution in [-0.4, -0.2) is 23.3 Å². The first-order valence-corrected chi connectivity index (χ1v) is 8.67. The number of unbranched alkanes of at least 4 members (excludes halogenated alkanes) is 9. The van der Waals surface area contributed by atoms with Gasteiger partial charge in [-0.25, -0.2) is 0 Å². The van der Waals surface area contributed by atoms with Crippen molar-refractivity contribution in [3.63, 3.8) is 0 Å². The summed E-state index contributed by atoms with van der Waals surface area (Å²) in [7, 11) is -4.67. The molecule has 0 aliphatic carbocycles. The van der Waals surface area contributed by atoms with Crippen LogP contribution in [0.1, 0.15) is 71.1 Å². The zero-order valence-electron chi connectivity index (χ0n) is 12.3. The molecule has 2 N–H and O–H groups in total. The minimum atomic E-state index is -4.67. The van der Waals surface area contributed by atoms with Crippen molar-refractivity contribution in [1.29, 1.82) is 0 Å². The van der Waals surface area contributed by atoms with Gasteiger partial charge >= 0.3 is 40.0 Å². The molecule has 0 unspecified atom stereocenters. The molecule has 0 bridgehead atoms. The van der Waals surface area contributed by atoms with E-state index in [1.807, 2.05) is 0 Å². The molecule has 0 saturated carbocycles. The van der Waals surface area contributed by atoms with E-state index in [4.69, 9.17) is 30.2 Å². The summed E-state index contributed by atoms with van der Waals surface area (Å²) in [5.41, 5.74) is 0. The average Bonchev–Trinajstić information content (AvgIpc) is 2.25. The van der Waals surface area contributed by atoms with Crippen molar-refractivity contribution in [3.8, 4) is 0 Å². The Morgan fingerprint density at radius 3 is 1.32 bits per heavy atom. The van der Waals surface area contributed by atoms with E-state index in [9.17, 15) is 0 Å². The smallest absolute Gasteiger partial charge is 0.793 e. The Kier molecular flexibility index (Phi) is 25.5. The summed E-state index contributed by atoms with van der Waals surface area (Å²) >= 11 is 4.90. The molecule has 0 aliphatic heterocycles. The maximum Gasteiger partial charge on any atom is 1.00 e. The zero-order chi connectivity index (χ0) is 14.3. The largest absolute Gasteiger partial charge is 1.00 e. The Labute approximate surface area is 146 Å². The third kappa shape index (κ3) is 45.3. The number of hydrogen-bond acceptors (Lipinski definition) is 3. The van der Waals surface area contributed by atoms with Gasteiger partial charge in [0.05, 0.1) is 0 Å². The SMILES string of the molecule is CCCCCCCCCCCC[S-].O=S(=O)(O)O.[Na+]. The molecule has 7 heteroatoms. The van der Waals surface area contributed by atoms with Gasteiger partial charge < -0.3 is 12.6 Å². The molecule has 0 aromatic heterocycles. The first kappa shape index (κ1) is 25.2. The van der Waals surface area contributed by atoms with Crippen LogP contribution in [0.25, 0.3) is 0 Å². The Morgan fingerprint density at radius 2 is 1.05 bits per heavy atom. The van der Waals surface area contributed by atoms with Gasteiger partial charge in [-0.15, -0.1) is 0 Å². The van der Waals surface area contributed by atoms with E-state index in [0.717, 1.165) is 5.75 Å². The van der Waals surface area contributed by atoms with E-state index in [2.05, 4.69) is 6.92 Å². The molecule has 0 aromatic rings. The van der Waals surface area contributed by atoms with Crippen LogP contribution in [0.2, 0.25) is 0 Å². The average molecular weight is 322 g/mol. The van der Waals surface area contributed by atoms with E-state index in [-0.39, 0.29) is 29.6 Å². The van der Waals surface area contributed by atoms with Crippen LogP contribution < -0.4 is 29.6 Å². The van der Waals surface area contributed by atoms with Gasteiger partial charge in [0.2, 0.25) is 0 Å². The first-order chi connectivity index (χ1) is 8.41. The van der Waals surface area contributed by atoms with Gasteiger partial charge in [-0.3, -0.25) is 9.11 Å². The predicted octanol–water partition coefficient (Wildman–Crippen LogP) is 0.805. The van der Waals surface area contributed by atoms with Crippen molar-refractivity contribution in [3.05, 3.63) is 0 Å². The summed E-state index contributed by atoms with van der Waals surface area (Å²) in [6.45, 7) is 2.27. The summed E-state index contributed by atoms with van der Waals surface area (Å²) in [5.74, 6) is 0.955. The summed E-state index contributed by atoms with van der Waals surface area (Å²) in [6, 6.07) is 0. The fourth-order valence-corrected chi connectivity index (χ4v) is 1.79. The maximum atomic E-state index is 8.74. The van der Waals surface area contributed by atoms with E-state index in [0.29, 0.717) is 0 Å². The zero-order valence-corrected chi connectivity index (χ0v) is 15.9. The minimum Gasteiger partial charge on any atom is -0.793 e. The second-order valence-corrected chi connectivity index (χ2v) is 5.64. The molecule has 0 rings (SSSR count). The number of hydrogen-bond donors (Lipinski definition) is 2. The van der Waals surface area contributed by atoms with Crippen molar-refractivity contribution in [2.45, 2.75) is 71.1 Å². The molecule has 112 valence electrons. The molecular formula is C12H27NaO4S2. The third-order valence-corrected chi connectivity index (χ3v) is 2.79. The van der Waals surface area contributed by atoms with Gasteiger partial charge in [-0.1, -0.05) is 71.1 Å². The standard InChI is InChI=1S/C12H26S.Na.H2O4S/c1-2-3-4-5-6-7-8-9-10-11-12-13;;1-5(2,3)4/h13H,2-12H2,1H3;;(H2,1,2,3,4)/q;+1;/p-1. The van der Waals surface area contributed by atoms with Crippen molar-refractivity contribution >= 4 is 23.0 Å². The fourth-order valence-electron chi connectivity index (χ4n) is 1.59. The van der Waals surface area contributed by atoms with Crippen molar-refractivity contribution in [2.75, 3.05) is 5.75 Å². The molecule has 0 spiro atoms. The van der Waals surface area contributed by atoms with E-state index < -0.39 is 10.4 Å². The van der Waals surface area contributed by atoms with Gasteiger partial charge in [0.1, 0.15) is 0 Å². The Morgan fingerprint density at radius 1 is 0.789 bits per heavy atom. The molecule has 0 atom stereocenters. The monoisotopic (exact) mass is 322 g/mol. The van der Waals surface area contributed by atoms with Crippen LogP contribution in [0.3, 0.4) is 0 Å². The molecule has 0 heterocycles. The van der Waals surface area contributed by atoms with Gasteiger partial charge in [0.25, 0.3) is 0 Å². The van der Waals surface area contributed by atoms with Crippen LogP contribution in [0.5, 0.6) is 0 Å². The second kappa shape index (κ2) is 19.2. The topological polar surface area (TPSA) is 74.6 Å². The second-order valence-electron chi connectivity index (χ2n) is 4.33.